The second-order valence-corrected chi connectivity index (χ2v) is 6.25. The second kappa shape index (κ2) is 5.44. The Morgan fingerprint density at radius 3 is 2.48 bits per heavy atom. The van der Waals surface area contributed by atoms with Gasteiger partial charge in [0.2, 0.25) is 0 Å². The number of nitrogens with one attached hydrogen (secondary N) is 1. The van der Waals surface area contributed by atoms with Gasteiger partial charge < -0.3 is 10.4 Å². The highest BCUT2D eigenvalue weighted by Gasteiger charge is 2.21. The molecule has 0 radical (unpaired) electrons. The van der Waals surface area contributed by atoms with Crippen molar-refractivity contribution in [2.45, 2.75) is 46.1 Å². The van der Waals surface area contributed by atoms with Crippen molar-refractivity contribution in [3.63, 3.8) is 0 Å². The van der Waals surface area contributed by atoms with Crippen LogP contribution in [-0.4, -0.2) is 5.11 Å². The predicted molar refractivity (Wildman–Crippen MR) is 88.1 cm³/mol. The van der Waals surface area contributed by atoms with Crippen molar-refractivity contribution in [1.29, 1.82) is 0 Å². The zero-order valence-corrected chi connectivity index (χ0v) is 13.0. The van der Waals surface area contributed by atoms with Gasteiger partial charge in [0, 0.05) is 5.69 Å². The Hall–Kier alpha value is -1.96. The van der Waals surface area contributed by atoms with Crippen molar-refractivity contribution < 1.29 is 5.11 Å². The third-order valence-corrected chi connectivity index (χ3v) is 4.44. The van der Waals surface area contributed by atoms with Crippen LogP contribution < -0.4 is 5.32 Å². The van der Waals surface area contributed by atoms with E-state index in [2.05, 4.69) is 44.3 Å². The molecule has 0 amide bonds. The molecule has 0 fully saturated rings. The quantitative estimate of drug-likeness (QED) is 0.828. The van der Waals surface area contributed by atoms with Crippen LogP contribution in [0.3, 0.4) is 0 Å². The highest BCUT2D eigenvalue weighted by atomic mass is 16.3. The molecule has 0 saturated heterocycles. The summed E-state index contributed by atoms with van der Waals surface area (Å²) in [6.07, 6.45) is 3.37. The number of benzene rings is 2. The molecule has 2 nitrogen and oxygen atoms in total. The molecule has 2 N–H and O–H groups in total. The van der Waals surface area contributed by atoms with Gasteiger partial charge in [-0.3, -0.25) is 0 Å². The molecule has 3 rings (SSSR count). The molecule has 0 spiro atoms. The summed E-state index contributed by atoms with van der Waals surface area (Å²) in [6.45, 7) is 6.48. The maximum atomic E-state index is 9.66. The molecular weight excluding hydrogens is 258 g/mol. The summed E-state index contributed by atoms with van der Waals surface area (Å²) in [5.74, 6) is 0.372. The Kier molecular flexibility index (Phi) is 3.62. The molecule has 0 aromatic heterocycles. The SMILES string of the molecule is Cc1cc(C)c(NC2CCCc3cc(O)ccc32)c(C)c1. The third-order valence-electron chi connectivity index (χ3n) is 4.44. The van der Waals surface area contributed by atoms with Gasteiger partial charge in [-0.25, -0.2) is 0 Å². The predicted octanol–water partition coefficient (Wildman–Crippen LogP) is 4.81. The summed E-state index contributed by atoms with van der Waals surface area (Å²) >= 11 is 0. The summed E-state index contributed by atoms with van der Waals surface area (Å²) in [5.41, 5.74) is 7.78. The topological polar surface area (TPSA) is 32.3 Å². The van der Waals surface area contributed by atoms with E-state index in [-0.39, 0.29) is 0 Å². The van der Waals surface area contributed by atoms with Gasteiger partial charge in [-0.05, 0) is 74.4 Å². The maximum absolute atomic E-state index is 9.66. The van der Waals surface area contributed by atoms with Gasteiger partial charge in [-0.15, -0.1) is 0 Å². The minimum atomic E-state index is 0.342. The number of rotatable bonds is 2. The lowest BCUT2D eigenvalue weighted by atomic mass is 9.87. The smallest absolute Gasteiger partial charge is 0.115 e. The maximum Gasteiger partial charge on any atom is 0.115 e. The van der Waals surface area contributed by atoms with E-state index in [1.54, 1.807) is 6.07 Å². The Labute approximate surface area is 126 Å². The van der Waals surface area contributed by atoms with Crippen molar-refractivity contribution >= 4 is 5.69 Å². The van der Waals surface area contributed by atoms with Crippen LogP contribution in [0.1, 0.15) is 46.7 Å². The van der Waals surface area contributed by atoms with Crippen LogP contribution >= 0.6 is 0 Å². The Morgan fingerprint density at radius 2 is 1.76 bits per heavy atom. The number of hydrogen-bond acceptors (Lipinski definition) is 2. The number of hydrogen-bond donors (Lipinski definition) is 2. The fourth-order valence-electron chi connectivity index (χ4n) is 3.53. The lowest BCUT2D eigenvalue weighted by Gasteiger charge is -2.29. The third kappa shape index (κ3) is 2.76. The van der Waals surface area contributed by atoms with Gasteiger partial charge in [0.25, 0.3) is 0 Å². The minimum absolute atomic E-state index is 0.342. The summed E-state index contributed by atoms with van der Waals surface area (Å²) in [6, 6.07) is 10.6. The van der Waals surface area contributed by atoms with Gasteiger partial charge >= 0.3 is 0 Å². The van der Waals surface area contributed by atoms with Crippen molar-refractivity contribution in [3.8, 4) is 5.75 Å². The number of anilines is 1. The number of phenolic OH excluding ortho intramolecular Hbond substituents is 1. The van der Waals surface area contributed by atoms with Crippen LogP contribution in [0.4, 0.5) is 5.69 Å². The first-order valence-corrected chi connectivity index (χ1v) is 7.71. The van der Waals surface area contributed by atoms with Crippen molar-refractivity contribution in [2.75, 3.05) is 5.32 Å². The fourth-order valence-corrected chi connectivity index (χ4v) is 3.53. The molecule has 1 atom stereocenters. The van der Waals surface area contributed by atoms with Gasteiger partial charge in [0.15, 0.2) is 0 Å². The molecule has 0 saturated carbocycles. The lowest BCUT2D eigenvalue weighted by molar-refractivity contribution is 0.472. The first-order chi connectivity index (χ1) is 10.0. The summed E-state index contributed by atoms with van der Waals surface area (Å²) in [7, 11) is 0. The van der Waals surface area contributed by atoms with E-state index in [4.69, 9.17) is 0 Å². The van der Waals surface area contributed by atoms with E-state index in [0.29, 0.717) is 11.8 Å². The summed E-state index contributed by atoms with van der Waals surface area (Å²) < 4.78 is 0. The Balaban J connectivity index is 1.94. The molecule has 0 bridgehead atoms. The van der Waals surface area contributed by atoms with Gasteiger partial charge in [0.05, 0.1) is 6.04 Å². The minimum Gasteiger partial charge on any atom is -0.508 e. The van der Waals surface area contributed by atoms with Crippen LogP contribution in [0.25, 0.3) is 0 Å². The highest BCUT2D eigenvalue weighted by Crippen LogP contribution is 2.36. The average molecular weight is 281 g/mol. The van der Waals surface area contributed by atoms with Crippen LogP contribution in [0.2, 0.25) is 0 Å². The number of aryl methyl sites for hydroxylation is 4. The van der Waals surface area contributed by atoms with Crippen molar-refractivity contribution in [2.24, 2.45) is 0 Å². The van der Waals surface area contributed by atoms with Crippen LogP contribution in [0, 0.1) is 20.8 Å². The van der Waals surface area contributed by atoms with Crippen LogP contribution in [-0.2, 0) is 6.42 Å². The molecule has 21 heavy (non-hydrogen) atoms. The zero-order chi connectivity index (χ0) is 15.0. The normalized spacial score (nSPS) is 17.4. The van der Waals surface area contributed by atoms with E-state index in [0.717, 1.165) is 19.3 Å². The second-order valence-electron chi connectivity index (χ2n) is 6.25. The van der Waals surface area contributed by atoms with E-state index in [1.807, 2.05) is 6.07 Å². The molecule has 0 aliphatic heterocycles. The standard InChI is InChI=1S/C19H23NO/c1-12-9-13(2)19(14(3)10-12)20-18-6-4-5-15-11-16(21)7-8-17(15)18/h7-11,18,20-21H,4-6H2,1-3H3. The molecule has 2 aromatic rings. The molecule has 2 heteroatoms. The summed E-state index contributed by atoms with van der Waals surface area (Å²) in [5, 5.41) is 13.4. The van der Waals surface area contributed by atoms with E-state index in [1.165, 1.54) is 33.5 Å². The van der Waals surface area contributed by atoms with Gasteiger partial charge in [-0.1, -0.05) is 23.8 Å². The van der Waals surface area contributed by atoms with Crippen LogP contribution in [0.5, 0.6) is 5.75 Å². The first-order valence-electron chi connectivity index (χ1n) is 7.71. The number of phenols is 1. The van der Waals surface area contributed by atoms with Crippen LogP contribution in [0.15, 0.2) is 30.3 Å². The monoisotopic (exact) mass is 281 g/mol. The Bertz CT molecular complexity index is 652. The zero-order valence-electron chi connectivity index (χ0n) is 13.0. The number of aromatic hydroxyl groups is 1. The molecule has 2 aromatic carbocycles. The summed E-state index contributed by atoms with van der Waals surface area (Å²) in [4.78, 5) is 0. The number of fused-ring (bicyclic) bond motifs is 1. The molecule has 1 aliphatic rings. The lowest BCUT2D eigenvalue weighted by Crippen LogP contribution is -2.18. The largest absolute Gasteiger partial charge is 0.508 e. The van der Waals surface area contributed by atoms with E-state index >= 15 is 0 Å². The highest BCUT2D eigenvalue weighted by molar-refractivity contribution is 5.60. The molecule has 0 heterocycles. The van der Waals surface area contributed by atoms with Gasteiger partial charge in [-0.2, -0.15) is 0 Å². The molecular formula is C19H23NO. The molecule has 1 unspecified atom stereocenters. The molecule has 1 aliphatic carbocycles. The van der Waals surface area contributed by atoms with E-state index < -0.39 is 0 Å². The van der Waals surface area contributed by atoms with Gasteiger partial charge in [0.1, 0.15) is 5.75 Å². The van der Waals surface area contributed by atoms with E-state index in [9.17, 15) is 5.11 Å². The van der Waals surface area contributed by atoms with Crippen molar-refractivity contribution in [3.05, 3.63) is 58.1 Å². The Morgan fingerprint density at radius 1 is 1.05 bits per heavy atom. The van der Waals surface area contributed by atoms with Crippen molar-refractivity contribution in [1.82, 2.24) is 0 Å². The molecule has 110 valence electrons. The fraction of sp³-hybridized carbons (Fsp3) is 0.368. The first kappa shape index (κ1) is 14.0. The average Bonchev–Trinajstić information content (AvgIpc) is 2.42.